The summed E-state index contributed by atoms with van der Waals surface area (Å²) < 4.78 is 25.7. The Morgan fingerprint density at radius 3 is 2.63 bits per heavy atom. The van der Waals surface area contributed by atoms with Gasteiger partial charge < -0.3 is 4.90 Å². The maximum absolute atomic E-state index is 13.3. The second-order valence-electron chi connectivity index (χ2n) is 7.60. The first kappa shape index (κ1) is 20.3. The number of carbonyl (C=O) groups excluding carboxylic acids is 1. The van der Waals surface area contributed by atoms with Crippen LogP contribution in [-0.4, -0.2) is 53.1 Å². The summed E-state index contributed by atoms with van der Waals surface area (Å²) in [6, 6.07) is 19.0. The molecule has 1 fully saturated rings. The lowest BCUT2D eigenvalue weighted by Crippen LogP contribution is -2.41. The van der Waals surface area contributed by atoms with Crippen molar-refractivity contribution in [3.63, 3.8) is 0 Å². The Kier molecular flexibility index (Phi) is 5.72. The van der Waals surface area contributed by atoms with Gasteiger partial charge in [0.2, 0.25) is 0 Å². The molecule has 1 unspecified atom stereocenters. The summed E-state index contributed by atoms with van der Waals surface area (Å²) in [7, 11) is -3.06. The molecule has 2 heterocycles. The Hall–Kier alpha value is -2.93. The number of sulfone groups is 1. The van der Waals surface area contributed by atoms with E-state index in [1.807, 2.05) is 66.2 Å². The molecule has 0 aliphatic carbocycles. The largest absolute Gasteiger partial charge is 0.335 e. The summed E-state index contributed by atoms with van der Waals surface area (Å²) in [6.07, 6.45) is 3.02. The van der Waals surface area contributed by atoms with Crippen LogP contribution in [0, 0.1) is 0 Å². The molecule has 1 aliphatic heterocycles. The molecule has 4 rings (SSSR count). The normalized spacial score (nSPS) is 17.7. The highest BCUT2D eigenvalue weighted by Gasteiger charge is 2.34. The van der Waals surface area contributed by atoms with Crippen molar-refractivity contribution in [2.75, 3.05) is 18.1 Å². The molecule has 1 aliphatic rings. The molecule has 7 heteroatoms. The van der Waals surface area contributed by atoms with Crippen LogP contribution in [-0.2, 0) is 9.84 Å². The zero-order chi connectivity index (χ0) is 21.1. The van der Waals surface area contributed by atoms with Crippen molar-refractivity contribution < 1.29 is 13.2 Å². The minimum Gasteiger partial charge on any atom is -0.335 e. The SMILES string of the molecule is CCCN(C(=O)c1cccc(-n2nccc2-c2ccccc2)c1)C1CCS(=O)(=O)C1. The maximum Gasteiger partial charge on any atom is 0.254 e. The first-order valence-corrected chi connectivity index (χ1v) is 12.0. The van der Waals surface area contributed by atoms with Crippen LogP contribution >= 0.6 is 0 Å². The van der Waals surface area contributed by atoms with Gasteiger partial charge in [-0.3, -0.25) is 4.79 Å². The summed E-state index contributed by atoms with van der Waals surface area (Å²) in [6.45, 7) is 2.54. The molecule has 1 atom stereocenters. The van der Waals surface area contributed by atoms with E-state index in [-0.39, 0.29) is 23.5 Å². The first-order chi connectivity index (χ1) is 14.5. The fourth-order valence-electron chi connectivity index (χ4n) is 3.99. The van der Waals surface area contributed by atoms with Gasteiger partial charge in [0.1, 0.15) is 0 Å². The van der Waals surface area contributed by atoms with E-state index in [0.717, 1.165) is 23.4 Å². The Labute approximate surface area is 177 Å². The third-order valence-corrected chi connectivity index (χ3v) is 7.17. The minimum atomic E-state index is -3.06. The first-order valence-electron chi connectivity index (χ1n) is 10.2. The monoisotopic (exact) mass is 423 g/mol. The Bertz CT molecular complexity index is 1140. The average molecular weight is 424 g/mol. The zero-order valence-electron chi connectivity index (χ0n) is 16.9. The van der Waals surface area contributed by atoms with Crippen LogP contribution < -0.4 is 0 Å². The lowest BCUT2D eigenvalue weighted by atomic mass is 10.1. The molecule has 156 valence electrons. The number of carbonyl (C=O) groups is 1. The number of rotatable bonds is 6. The molecule has 2 aromatic carbocycles. The Morgan fingerprint density at radius 2 is 1.93 bits per heavy atom. The fourth-order valence-corrected chi connectivity index (χ4v) is 5.72. The van der Waals surface area contributed by atoms with E-state index in [1.54, 1.807) is 17.2 Å². The van der Waals surface area contributed by atoms with Gasteiger partial charge in [-0.2, -0.15) is 5.10 Å². The van der Waals surface area contributed by atoms with Crippen molar-refractivity contribution >= 4 is 15.7 Å². The highest BCUT2D eigenvalue weighted by atomic mass is 32.2. The Balaban J connectivity index is 1.65. The van der Waals surface area contributed by atoms with Gasteiger partial charge in [0.25, 0.3) is 5.91 Å². The van der Waals surface area contributed by atoms with Crippen molar-refractivity contribution in [3.8, 4) is 16.9 Å². The quantitative estimate of drug-likeness (QED) is 0.608. The van der Waals surface area contributed by atoms with Gasteiger partial charge in [0.05, 0.1) is 29.1 Å². The van der Waals surface area contributed by atoms with Gasteiger partial charge in [-0.25, -0.2) is 13.1 Å². The molecule has 30 heavy (non-hydrogen) atoms. The van der Waals surface area contributed by atoms with Crippen molar-refractivity contribution in [2.24, 2.45) is 0 Å². The number of nitrogens with zero attached hydrogens (tertiary/aromatic N) is 3. The zero-order valence-corrected chi connectivity index (χ0v) is 17.8. The van der Waals surface area contributed by atoms with Gasteiger partial charge >= 0.3 is 0 Å². The molecule has 6 nitrogen and oxygen atoms in total. The van der Waals surface area contributed by atoms with E-state index in [9.17, 15) is 13.2 Å². The summed E-state index contributed by atoms with van der Waals surface area (Å²) in [4.78, 5) is 15.0. The van der Waals surface area contributed by atoms with Gasteiger partial charge in [-0.15, -0.1) is 0 Å². The van der Waals surface area contributed by atoms with Crippen LogP contribution in [0.4, 0.5) is 0 Å². The summed E-state index contributed by atoms with van der Waals surface area (Å²) in [5, 5.41) is 4.45. The molecular weight excluding hydrogens is 398 g/mol. The highest BCUT2D eigenvalue weighted by Crippen LogP contribution is 2.24. The third-order valence-electron chi connectivity index (χ3n) is 5.42. The predicted molar refractivity (Wildman–Crippen MR) is 117 cm³/mol. The molecule has 0 N–H and O–H groups in total. The van der Waals surface area contributed by atoms with Gasteiger partial charge in [0, 0.05) is 23.7 Å². The van der Waals surface area contributed by atoms with Gasteiger partial charge in [0.15, 0.2) is 9.84 Å². The van der Waals surface area contributed by atoms with Crippen LogP contribution in [0.3, 0.4) is 0 Å². The molecule has 0 bridgehead atoms. The van der Waals surface area contributed by atoms with Crippen molar-refractivity contribution in [2.45, 2.75) is 25.8 Å². The molecule has 0 radical (unpaired) electrons. The fraction of sp³-hybridized carbons (Fsp3) is 0.304. The molecule has 0 spiro atoms. The number of hydrogen-bond acceptors (Lipinski definition) is 4. The molecule has 3 aromatic rings. The summed E-state index contributed by atoms with van der Waals surface area (Å²) in [5.41, 5.74) is 3.31. The molecule has 1 saturated heterocycles. The van der Waals surface area contributed by atoms with Crippen molar-refractivity contribution in [3.05, 3.63) is 72.4 Å². The predicted octanol–water partition coefficient (Wildman–Crippen LogP) is 3.58. The van der Waals surface area contributed by atoms with Crippen LogP contribution in [0.5, 0.6) is 0 Å². The summed E-state index contributed by atoms with van der Waals surface area (Å²) in [5.74, 6) is 0.0727. The second-order valence-corrected chi connectivity index (χ2v) is 9.83. The van der Waals surface area contributed by atoms with Gasteiger partial charge in [-0.05, 0) is 37.1 Å². The Morgan fingerprint density at radius 1 is 1.13 bits per heavy atom. The van der Waals surface area contributed by atoms with E-state index in [1.165, 1.54) is 0 Å². The summed E-state index contributed by atoms with van der Waals surface area (Å²) >= 11 is 0. The van der Waals surface area contributed by atoms with E-state index in [0.29, 0.717) is 18.5 Å². The average Bonchev–Trinajstić information content (AvgIpc) is 3.39. The highest BCUT2D eigenvalue weighted by molar-refractivity contribution is 7.91. The van der Waals surface area contributed by atoms with Gasteiger partial charge in [-0.1, -0.05) is 43.3 Å². The maximum atomic E-state index is 13.3. The lowest BCUT2D eigenvalue weighted by Gasteiger charge is -2.28. The number of hydrogen-bond donors (Lipinski definition) is 0. The number of benzene rings is 2. The van der Waals surface area contributed by atoms with Crippen molar-refractivity contribution in [1.29, 1.82) is 0 Å². The van der Waals surface area contributed by atoms with E-state index in [4.69, 9.17) is 0 Å². The van der Waals surface area contributed by atoms with Crippen LogP contribution in [0.2, 0.25) is 0 Å². The third kappa shape index (κ3) is 4.16. The standard InChI is InChI=1S/C23H25N3O3S/c1-2-14-25(21-12-15-30(28,29)17-21)23(27)19-9-6-10-20(16-19)26-22(11-13-24-26)18-7-4-3-5-8-18/h3-11,13,16,21H,2,12,14-15,17H2,1H3. The van der Waals surface area contributed by atoms with E-state index < -0.39 is 9.84 Å². The van der Waals surface area contributed by atoms with Crippen LogP contribution in [0.15, 0.2) is 66.9 Å². The lowest BCUT2D eigenvalue weighted by molar-refractivity contribution is 0.0697. The van der Waals surface area contributed by atoms with Crippen LogP contribution in [0.25, 0.3) is 16.9 Å². The molecule has 1 amide bonds. The molecule has 0 saturated carbocycles. The van der Waals surface area contributed by atoms with Crippen LogP contribution in [0.1, 0.15) is 30.1 Å². The second kappa shape index (κ2) is 8.44. The smallest absolute Gasteiger partial charge is 0.254 e. The van der Waals surface area contributed by atoms with E-state index >= 15 is 0 Å². The number of amides is 1. The van der Waals surface area contributed by atoms with Crippen molar-refractivity contribution in [1.82, 2.24) is 14.7 Å². The number of aromatic nitrogens is 2. The van der Waals surface area contributed by atoms with E-state index in [2.05, 4.69) is 5.10 Å². The molecule has 1 aromatic heterocycles. The molecular formula is C23H25N3O3S. The minimum absolute atomic E-state index is 0.0513. The topological polar surface area (TPSA) is 72.3 Å².